The summed E-state index contributed by atoms with van der Waals surface area (Å²) in [6.07, 6.45) is -3.96. The Kier molecular flexibility index (Phi) is 4.03. The highest BCUT2D eigenvalue weighted by atomic mass is 19.4. The lowest BCUT2D eigenvalue weighted by molar-refractivity contribution is -0.159. The molecule has 0 aliphatic carbocycles. The summed E-state index contributed by atoms with van der Waals surface area (Å²) in [6, 6.07) is 1.21. The molecule has 1 atom stereocenters. The molecule has 112 valence electrons. The van der Waals surface area contributed by atoms with E-state index >= 15 is 0 Å². The minimum absolute atomic E-state index is 0.130. The van der Waals surface area contributed by atoms with E-state index in [1.807, 2.05) is 0 Å². The zero-order valence-corrected chi connectivity index (χ0v) is 11.3. The van der Waals surface area contributed by atoms with E-state index in [1.165, 1.54) is 0 Å². The molecule has 1 aromatic heterocycles. The third-order valence-corrected chi connectivity index (χ3v) is 3.26. The number of hydrogen-bond donors (Lipinski definition) is 0. The highest BCUT2D eigenvalue weighted by Gasteiger charge is 2.40. The van der Waals surface area contributed by atoms with Crippen molar-refractivity contribution >= 4 is 5.91 Å². The number of rotatable bonds is 4. The lowest BCUT2D eigenvalue weighted by atomic mass is 10.2. The smallest absolute Gasteiger partial charge is 0.361 e. The number of carbonyl (C=O) groups excluding carboxylic acids is 1. The first kappa shape index (κ1) is 14.8. The summed E-state index contributed by atoms with van der Waals surface area (Å²) < 4.78 is 41.9. The number of alkyl halides is 3. The summed E-state index contributed by atoms with van der Waals surface area (Å²) in [4.78, 5) is 14.5. The second-order valence-electron chi connectivity index (χ2n) is 5.02. The van der Waals surface area contributed by atoms with Gasteiger partial charge in [-0.05, 0) is 20.4 Å². The number of hydrogen-bond acceptors (Lipinski definition) is 4. The predicted octanol–water partition coefficient (Wildman–Crippen LogP) is 1.58. The van der Waals surface area contributed by atoms with Crippen LogP contribution >= 0.6 is 0 Å². The molecule has 20 heavy (non-hydrogen) atoms. The maximum Gasteiger partial charge on any atom is 0.406 e. The molecule has 0 bridgehead atoms. The van der Waals surface area contributed by atoms with Crippen molar-refractivity contribution in [1.82, 2.24) is 15.0 Å². The van der Waals surface area contributed by atoms with Gasteiger partial charge in [0.2, 0.25) is 5.91 Å². The number of amides is 1. The molecule has 2 rings (SSSR count). The van der Waals surface area contributed by atoms with Gasteiger partial charge in [-0.15, -0.1) is 0 Å². The van der Waals surface area contributed by atoms with Crippen LogP contribution < -0.4 is 0 Å². The van der Waals surface area contributed by atoms with Crippen molar-refractivity contribution < 1.29 is 22.5 Å². The fourth-order valence-corrected chi connectivity index (χ4v) is 2.36. The van der Waals surface area contributed by atoms with E-state index in [-0.39, 0.29) is 6.54 Å². The van der Waals surface area contributed by atoms with E-state index in [9.17, 15) is 18.0 Å². The molecule has 0 radical (unpaired) electrons. The van der Waals surface area contributed by atoms with Crippen LogP contribution in [0.4, 0.5) is 13.2 Å². The van der Waals surface area contributed by atoms with E-state index < -0.39 is 24.7 Å². The van der Waals surface area contributed by atoms with Crippen molar-refractivity contribution in [2.75, 3.05) is 20.1 Å². The quantitative estimate of drug-likeness (QED) is 0.845. The van der Waals surface area contributed by atoms with Gasteiger partial charge in [0.1, 0.15) is 12.3 Å². The Labute approximate surface area is 114 Å². The van der Waals surface area contributed by atoms with Gasteiger partial charge in [-0.3, -0.25) is 9.69 Å². The Hall–Kier alpha value is -1.57. The number of likely N-dealkylation sites (N-methyl/N-ethyl adjacent to an activating group) is 1. The molecule has 0 spiro atoms. The van der Waals surface area contributed by atoms with Crippen molar-refractivity contribution in [3.63, 3.8) is 0 Å². The second-order valence-corrected chi connectivity index (χ2v) is 5.02. The molecule has 1 aliphatic rings. The standard InChI is InChI=1S/C12H16F3N3O2/c1-8-5-9(16-20-8)6-17(2)10-3-4-18(11(10)19)7-12(13,14)15/h5,10H,3-4,6-7H2,1-2H3/t10-/m0/s1. The first-order chi connectivity index (χ1) is 9.26. The summed E-state index contributed by atoms with van der Waals surface area (Å²) in [7, 11) is 1.70. The topological polar surface area (TPSA) is 49.6 Å². The lowest BCUT2D eigenvalue weighted by Crippen LogP contribution is -2.42. The summed E-state index contributed by atoms with van der Waals surface area (Å²) in [6.45, 7) is 1.07. The molecular weight excluding hydrogens is 275 g/mol. The third kappa shape index (κ3) is 3.50. The van der Waals surface area contributed by atoms with Crippen LogP contribution in [0.2, 0.25) is 0 Å². The molecule has 0 aromatic carbocycles. The second kappa shape index (κ2) is 5.43. The molecule has 0 N–H and O–H groups in total. The minimum Gasteiger partial charge on any atom is -0.361 e. The normalized spacial score (nSPS) is 20.2. The van der Waals surface area contributed by atoms with E-state index in [2.05, 4.69) is 5.16 Å². The third-order valence-electron chi connectivity index (χ3n) is 3.26. The van der Waals surface area contributed by atoms with Crippen molar-refractivity contribution in [2.45, 2.75) is 32.1 Å². The molecule has 1 amide bonds. The highest BCUT2D eigenvalue weighted by Crippen LogP contribution is 2.23. The number of aromatic nitrogens is 1. The largest absolute Gasteiger partial charge is 0.406 e. The minimum atomic E-state index is -4.35. The fourth-order valence-electron chi connectivity index (χ4n) is 2.36. The molecule has 1 fully saturated rings. The Morgan fingerprint density at radius 2 is 2.25 bits per heavy atom. The summed E-state index contributed by atoms with van der Waals surface area (Å²) >= 11 is 0. The molecule has 8 heteroatoms. The van der Waals surface area contributed by atoms with Gasteiger partial charge >= 0.3 is 6.18 Å². The molecule has 1 saturated heterocycles. The Morgan fingerprint density at radius 3 is 2.80 bits per heavy atom. The Morgan fingerprint density at radius 1 is 1.55 bits per heavy atom. The van der Waals surface area contributed by atoms with Gasteiger partial charge in [-0.2, -0.15) is 13.2 Å². The van der Waals surface area contributed by atoms with Crippen molar-refractivity contribution in [2.24, 2.45) is 0 Å². The van der Waals surface area contributed by atoms with E-state index in [1.54, 1.807) is 24.9 Å². The van der Waals surface area contributed by atoms with E-state index in [4.69, 9.17) is 4.52 Å². The SMILES string of the molecule is Cc1cc(CN(C)[C@H]2CCN(CC(F)(F)F)C2=O)no1. The molecule has 0 unspecified atom stereocenters. The summed E-state index contributed by atoms with van der Waals surface area (Å²) in [5.74, 6) is 0.176. The fraction of sp³-hybridized carbons (Fsp3) is 0.667. The van der Waals surface area contributed by atoms with Gasteiger partial charge in [0.15, 0.2) is 0 Å². The Bertz CT molecular complexity index is 487. The maximum absolute atomic E-state index is 12.3. The number of likely N-dealkylation sites (tertiary alicyclic amines) is 1. The number of halogens is 3. The molecule has 1 aromatic rings. The average Bonchev–Trinajstić information content (AvgIpc) is 2.85. The lowest BCUT2D eigenvalue weighted by Gasteiger charge is -2.23. The maximum atomic E-state index is 12.3. The van der Waals surface area contributed by atoms with Crippen LogP contribution in [0, 0.1) is 6.92 Å². The van der Waals surface area contributed by atoms with Gasteiger partial charge < -0.3 is 9.42 Å². The zero-order chi connectivity index (χ0) is 14.9. The zero-order valence-electron chi connectivity index (χ0n) is 11.3. The van der Waals surface area contributed by atoms with Gasteiger partial charge in [-0.25, -0.2) is 0 Å². The van der Waals surface area contributed by atoms with Crippen molar-refractivity contribution in [3.8, 4) is 0 Å². The van der Waals surface area contributed by atoms with Gasteiger partial charge in [0, 0.05) is 19.2 Å². The number of aryl methyl sites for hydroxylation is 1. The molecular formula is C12H16F3N3O2. The monoisotopic (exact) mass is 291 g/mol. The van der Waals surface area contributed by atoms with Crippen LogP contribution in [-0.2, 0) is 11.3 Å². The molecule has 2 heterocycles. The number of carbonyl (C=O) groups is 1. The highest BCUT2D eigenvalue weighted by molar-refractivity contribution is 5.84. The number of nitrogens with zero attached hydrogens (tertiary/aromatic N) is 3. The molecule has 5 nitrogen and oxygen atoms in total. The van der Waals surface area contributed by atoms with E-state index in [0.29, 0.717) is 24.4 Å². The van der Waals surface area contributed by atoms with Gasteiger partial charge in [-0.1, -0.05) is 5.16 Å². The van der Waals surface area contributed by atoms with Gasteiger partial charge in [0.05, 0.1) is 11.7 Å². The van der Waals surface area contributed by atoms with Crippen LogP contribution in [0.5, 0.6) is 0 Å². The van der Waals surface area contributed by atoms with Crippen LogP contribution in [0.1, 0.15) is 17.9 Å². The first-order valence-corrected chi connectivity index (χ1v) is 6.24. The van der Waals surface area contributed by atoms with Gasteiger partial charge in [0.25, 0.3) is 0 Å². The molecule has 1 aliphatic heterocycles. The Balaban J connectivity index is 1.95. The average molecular weight is 291 g/mol. The van der Waals surface area contributed by atoms with Crippen molar-refractivity contribution in [1.29, 1.82) is 0 Å². The summed E-state index contributed by atoms with van der Waals surface area (Å²) in [5.41, 5.74) is 0.659. The van der Waals surface area contributed by atoms with E-state index in [0.717, 1.165) is 4.90 Å². The predicted molar refractivity (Wildman–Crippen MR) is 63.7 cm³/mol. The van der Waals surface area contributed by atoms with Crippen LogP contribution in [0.25, 0.3) is 0 Å². The van der Waals surface area contributed by atoms with Crippen LogP contribution in [0.15, 0.2) is 10.6 Å². The van der Waals surface area contributed by atoms with Crippen LogP contribution in [0.3, 0.4) is 0 Å². The summed E-state index contributed by atoms with van der Waals surface area (Å²) in [5, 5.41) is 3.81. The van der Waals surface area contributed by atoms with Crippen LogP contribution in [-0.4, -0.2) is 53.2 Å². The van der Waals surface area contributed by atoms with Crippen molar-refractivity contribution in [3.05, 3.63) is 17.5 Å². The molecule has 0 saturated carbocycles. The first-order valence-electron chi connectivity index (χ1n) is 6.24.